The van der Waals surface area contributed by atoms with Crippen LogP contribution in [0.3, 0.4) is 0 Å². The molecular formula is C8H17NO2S. The van der Waals surface area contributed by atoms with Gasteiger partial charge in [0.05, 0.1) is 6.10 Å². The minimum absolute atomic E-state index is 0.0943. The van der Waals surface area contributed by atoms with Crippen molar-refractivity contribution in [3.05, 3.63) is 0 Å². The first-order valence-corrected chi connectivity index (χ1v) is 4.41. The standard InChI is InChI=1S/C8H17NO2S/c1-7(2)11-8(12)10-6-5-9(3)4/h7H,5-6H2,1-4H3. The summed E-state index contributed by atoms with van der Waals surface area (Å²) < 4.78 is 10.3. The van der Waals surface area contributed by atoms with Crippen LogP contribution in [0.4, 0.5) is 0 Å². The van der Waals surface area contributed by atoms with Crippen molar-refractivity contribution in [3.63, 3.8) is 0 Å². The molecule has 0 N–H and O–H groups in total. The maximum absolute atomic E-state index is 5.13. The molecule has 0 heterocycles. The summed E-state index contributed by atoms with van der Waals surface area (Å²) in [6.07, 6.45) is 0.0943. The molecule has 0 radical (unpaired) electrons. The Morgan fingerprint density at radius 1 is 1.42 bits per heavy atom. The average molecular weight is 191 g/mol. The fraction of sp³-hybridized carbons (Fsp3) is 0.875. The van der Waals surface area contributed by atoms with Crippen molar-refractivity contribution in [1.82, 2.24) is 4.90 Å². The van der Waals surface area contributed by atoms with Crippen LogP contribution in [0, 0.1) is 0 Å². The average Bonchev–Trinajstić information content (AvgIpc) is 1.84. The van der Waals surface area contributed by atoms with E-state index in [1.165, 1.54) is 0 Å². The van der Waals surface area contributed by atoms with Gasteiger partial charge in [0.15, 0.2) is 0 Å². The van der Waals surface area contributed by atoms with E-state index in [1.807, 2.05) is 32.8 Å². The lowest BCUT2D eigenvalue weighted by Gasteiger charge is -2.13. The highest BCUT2D eigenvalue weighted by Crippen LogP contribution is 1.93. The fourth-order valence-corrected chi connectivity index (χ4v) is 0.814. The van der Waals surface area contributed by atoms with Crippen LogP contribution >= 0.6 is 12.2 Å². The SMILES string of the molecule is CC(C)OC(=S)OCCN(C)C. The smallest absolute Gasteiger partial charge is 0.352 e. The molecular weight excluding hydrogens is 174 g/mol. The molecule has 0 rings (SSSR count). The highest BCUT2D eigenvalue weighted by Gasteiger charge is 2.01. The van der Waals surface area contributed by atoms with Crippen molar-refractivity contribution in [2.45, 2.75) is 20.0 Å². The van der Waals surface area contributed by atoms with Gasteiger partial charge in [0.1, 0.15) is 6.61 Å². The van der Waals surface area contributed by atoms with Crippen molar-refractivity contribution < 1.29 is 9.47 Å². The zero-order valence-electron chi connectivity index (χ0n) is 8.16. The zero-order chi connectivity index (χ0) is 9.56. The van der Waals surface area contributed by atoms with Crippen LogP contribution in [0.25, 0.3) is 0 Å². The number of ether oxygens (including phenoxy) is 2. The molecule has 0 unspecified atom stereocenters. The van der Waals surface area contributed by atoms with E-state index in [2.05, 4.69) is 0 Å². The van der Waals surface area contributed by atoms with E-state index in [-0.39, 0.29) is 11.3 Å². The Kier molecular flexibility index (Phi) is 6.02. The van der Waals surface area contributed by atoms with Crippen LogP contribution in [-0.2, 0) is 9.47 Å². The van der Waals surface area contributed by atoms with Gasteiger partial charge in [0, 0.05) is 18.8 Å². The molecule has 0 aliphatic carbocycles. The van der Waals surface area contributed by atoms with E-state index in [0.29, 0.717) is 6.61 Å². The van der Waals surface area contributed by atoms with Crippen LogP contribution in [0.1, 0.15) is 13.8 Å². The molecule has 0 aliphatic heterocycles. The highest BCUT2D eigenvalue weighted by molar-refractivity contribution is 7.79. The Bertz CT molecular complexity index is 137. The van der Waals surface area contributed by atoms with Gasteiger partial charge in [0.2, 0.25) is 0 Å². The van der Waals surface area contributed by atoms with Crippen LogP contribution in [0.2, 0.25) is 0 Å². The number of hydrogen-bond acceptors (Lipinski definition) is 4. The zero-order valence-corrected chi connectivity index (χ0v) is 8.98. The number of hydrogen-bond donors (Lipinski definition) is 0. The highest BCUT2D eigenvalue weighted by atomic mass is 32.1. The molecule has 0 saturated heterocycles. The van der Waals surface area contributed by atoms with E-state index >= 15 is 0 Å². The van der Waals surface area contributed by atoms with Crippen LogP contribution < -0.4 is 0 Å². The molecule has 0 atom stereocenters. The predicted molar refractivity (Wildman–Crippen MR) is 53.3 cm³/mol. The Hall–Kier alpha value is -0.350. The normalized spacial score (nSPS) is 10.5. The first-order chi connectivity index (χ1) is 5.52. The second-order valence-electron chi connectivity index (χ2n) is 3.07. The summed E-state index contributed by atoms with van der Waals surface area (Å²) in [7, 11) is 3.96. The summed E-state index contributed by atoms with van der Waals surface area (Å²) in [6, 6.07) is 0. The summed E-state index contributed by atoms with van der Waals surface area (Å²) in [5.74, 6) is 0. The number of likely N-dealkylation sites (N-methyl/N-ethyl adjacent to an activating group) is 1. The molecule has 0 aliphatic rings. The molecule has 0 aromatic rings. The van der Waals surface area contributed by atoms with E-state index in [1.54, 1.807) is 0 Å². The third kappa shape index (κ3) is 7.75. The maximum Gasteiger partial charge on any atom is 0.352 e. The molecule has 0 saturated carbocycles. The molecule has 0 amide bonds. The summed E-state index contributed by atoms with van der Waals surface area (Å²) in [5, 5.41) is 0.242. The third-order valence-electron chi connectivity index (χ3n) is 1.09. The van der Waals surface area contributed by atoms with E-state index < -0.39 is 0 Å². The van der Waals surface area contributed by atoms with Gasteiger partial charge in [-0.25, -0.2) is 0 Å². The number of nitrogens with zero attached hydrogens (tertiary/aromatic N) is 1. The summed E-state index contributed by atoms with van der Waals surface area (Å²) >= 11 is 4.82. The van der Waals surface area contributed by atoms with Crippen molar-refractivity contribution in [1.29, 1.82) is 0 Å². The Morgan fingerprint density at radius 3 is 2.42 bits per heavy atom. The lowest BCUT2D eigenvalue weighted by Crippen LogP contribution is -2.21. The molecule has 0 spiro atoms. The van der Waals surface area contributed by atoms with Gasteiger partial charge in [-0.2, -0.15) is 0 Å². The third-order valence-corrected chi connectivity index (χ3v) is 1.30. The Labute approximate surface area is 79.6 Å². The van der Waals surface area contributed by atoms with E-state index in [9.17, 15) is 0 Å². The number of thiocarbonyl (C=S) groups is 1. The summed E-state index contributed by atoms with van der Waals surface area (Å²) in [6.45, 7) is 5.27. The first kappa shape index (κ1) is 11.6. The fourth-order valence-electron chi connectivity index (χ4n) is 0.538. The number of rotatable bonds is 4. The molecule has 3 nitrogen and oxygen atoms in total. The molecule has 0 fully saturated rings. The van der Waals surface area contributed by atoms with Gasteiger partial charge >= 0.3 is 5.24 Å². The predicted octanol–water partition coefficient (Wildman–Crippen LogP) is 1.27. The second kappa shape index (κ2) is 6.20. The monoisotopic (exact) mass is 191 g/mol. The van der Waals surface area contributed by atoms with Crippen molar-refractivity contribution in [2.75, 3.05) is 27.2 Å². The van der Waals surface area contributed by atoms with Crippen LogP contribution in [0.15, 0.2) is 0 Å². The van der Waals surface area contributed by atoms with Crippen LogP contribution in [-0.4, -0.2) is 43.5 Å². The second-order valence-corrected chi connectivity index (χ2v) is 3.40. The van der Waals surface area contributed by atoms with E-state index in [0.717, 1.165) is 6.54 Å². The first-order valence-electron chi connectivity index (χ1n) is 4.00. The van der Waals surface area contributed by atoms with Gasteiger partial charge in [-0.3, -0.25) is 0 Å². The van der Waals surface area contributed by atoms with Crippen molar-refractivity contribution >= 4 is 17.5 Å². The van der Waals surface area contributed by atoms with Gasteiger partial charge < -0.3 is 14.4 Å². The molecule has 72 valence electrons. The maximum atomic E-state index is 5.13. The van der Waals surface area contributed by atoms with Gasteiger partial charge in [-0.05, 0) is 27.9 Å². The van der Waals surface area contributed by atoms with Crippen molar-refractivity contribution in [3.8, 4) is 0 Å². The van der Waals surface area contributed by atoms with Crippen molar-refractivity contribution in [2.24, 2.45) is 0 Å². The summed E-state index contributed by atoms with van der Waals surface area (Å²) in [5.41, 5.74) is 0. The lowest BCUT2D eigenvalue weighted by atomic mass is 10.5. The molecule has 0 bridgehead atoms. The largest absolute Gasteiger partial charge is 0.456 e. The minimum atomic E-state index is 0.0943. The summed E-state index contributed by atoms with van der Waals surface area (Å²) in [4.78, 5) is 2.03. The van der Waals surface area contributed by atoms with Gasteiger partial charge in [0.25, 0.3) is 0 Å². The quantitative estimate of drug-likeness (QED) is 0.624. The van der Waals surface area contributed by atoms with Gasteiger partial charge in [-0.15, -0.1) is 0 Å². The molecule has 4 heteroatoms. The Morgan fingerprint density at radius 2 is 2.00 bits per heavy atom. The Balaban J connectivity index is 3.32. The van der Waals surface area contributed by atoms with E-state index in [4.69, 9.17) is 21.7 Å². The molecule has 0 aromatic carbocycles. The van der Waals surface area contributed by atoms with Gasteiger partial charge in [-0.1, -0.05) is 0 Å². The lowest BCUT2D eigenvalue weighted by molar-refractivity contribution is 0.131. The molecule has 12 heavy (non-hydrogen) atoms. The van der Waals surface area contributed by atoms with Crippen LogP contribution in [0.5, 0.6) is 0 Å². The molecule has 0 aromatic heterocycles. The minimum Gasteiger partial charge on any atom is -0.456 e. The topological polar surface area (TPSA) is 21.7 Å².